The van der Waals surface area contributed by atoms with Gasteiger partial charge in [-0.25, -0.2) is 4.79 Å². The Kier molecular flexibility index (Phi) is 16.2. The van der Waals surface area contributed by atoms with E-state index in [1.54, 1.807) is 0 Å². The van der Waals surface area contributed by atoms with Crippen LogP contribution in [0.15, 0.2) is 11.6 Å². The summed E-state index contributed by atoms with van der Waals surface area (Å²) in [6, 6.07) is 0. The summed E-state index contributed by atoms with van der Waals surface area (Å²) in [6.45, 7) is 13.5. The van der Waals surface area contributed by atoms with Crippen molar-refractivity contribution in [2.75, 3.05) is 19.8 Å². The molecule has 4 saturated carbocycles. The molecule has 9 rings (SSSR count). The van der Waals surface area contributed by atoms with Crippen LogP contribution in [0.1, 0.15) is 113 Å². The van der Waals surface area contributed by atoms with Crippen molar-refractivity contribution in [3.05, 3.63) is 11.6 Å². The Labute approximate surface area is 442 Å². The largest absolute Gasteiger partial charge is 0.479 e. The van der Waals surface area contributed by atoms with Crippen molar-refractivity contribution in [1.82, 2.24) is 0 Å². The Morgan fingerprint density at radius 1 is 0.566 bits per heavy atom. The maximum atomic E-state index is 14.8. The van der Waals surface area contributed by atoms with Gasteiger partial charge < -0.3 is 104 Å². The average Bonchev–Trinajstić information content (AvgIpc) is 3.81. The molecule has 23 nitrogen and oxygen atoms in total. The SMILES string of the molecule is CC1(C)CC[C@@]2(C(=O)O[C@@H]3O[C@H](CO)[C@@H](O)[C@H](O)[C@H]3O)CC[C@@]3(C)C(=CC[C@H]4[C@]5(C)CC[C@@H](O[C@H]6O[C@@H](C(=O)O)[C@H](O)[C@@H](O[C@H]7O[C@@H](CO)[C@H](O)[C@@H](O)[C@@H]7O)[C@@H]6O[C@@H]6O[C@@H](CO)[C@H](O)[C@H]6O)C(C)(C)[C@H]5CC[C@@]43C)[C@H]2C1. The third-order valence-corrected chi connectivity index (χ3v) is 21.0. The van der Waals surface area contributed by atoms with Crippen LogP contribution >= 0.6 is 0 Å². The predicted octanol–water partition coefficient (Wildman–Crippen LogP) is -1.30. The lowest BCUT2D eigenvalue weighted by molar-refractivity contribution is -0.383. The number of carboxylic acids is 1. The number of carbonyl (C=O) groups excluding carboxylic acids is 1. The van der Waals surface area contributed by atoms with Crippen LogP contribution in [0.4, 0.5) is 0 Å². The molecular formula is C53H84O23. The first-order valence-electron chi connectivity index (χ1n) is 27.2. The fourth-order valence-corrected chi connectivity index (χ4v) is 16.3. The van der Waals surface area contributed by atoms with Crippen LogP contribution in [0.5, 0.6) is 0 Å². The molecule has 8 fully saturated rings. The average molecular weight is 1090 g/mol. The molecule has 0 spiro atoms. The molecular weight excluding hydrogens is 1000 g/mol. The second kappa shape index (κ2) is 21.0. The summed E-state index contributed by atoms with van der Waals surface area (Å²) in [7, 11) is 0. The number of fused-ring (bicyclic) bond motifs is 7. The van der Waals surface area contributed by atoms with Crippen LogP contribution < -0.4 is 0 Å². The summed E-state index contributed by atoms with van der Waals surface area (Å²) < 4.78 is 48.2. The minimum atomic E-state index is -2.10. The summed E-state index contributed by atoms with van der Waals surface area (Å²) >= 11 is 0. The Morgan fingerprint density at radius 3 is 1.67 bits per heavy atom. The molecule has 76 heavy (non-hydrogen) atoms. The first-order valence-corrected chi connectivity index (χ1v) is 27.2. The fraction of sp³-hybridized carbons (Fsp3) is 0.925. The molecule has 0 bridgehead atoms. The molecule has 434 valence electrons. The number of esters is 1. The summed E-state index contributed by atoms with van der Waals surface area (Å²) in [5.74, 6) is -2.22. The first-order chi connectivity index (χ1) is 35.5. The van der Waals surface area contributed by atoms with Crippen LogP contribution in [-0.2, 0) is 47.5 Å². The van der Waals surface area contributed by atoms with Gasteiger partial charge in [0, 0.05) is 0 Å². The highest BCUT2D eigenvalue weighted by Gasteiger charge is 2.70. The number of aliphatic hydroxyl groups excluding tert-OH is 12. The number of aliphatic carboxylic acids is 1. The van der Waals surface area contributed by atoms with Gasteiger partial charge in [-0.2, -0.15) is 0 Å². The van der Waals surface area contributed by atoms with Crippen LogP contribution in [0.25, 0.3) is 0 Å². The van der Waals surface area contributed by atoms with Gasteiger partial charge in [-0.1, -0.05) is 60.1 Å². The molecule has 0 aromatic rings. The Hall–Kier alpha value is -2.08. The highest BCUT2D eigenvalue weighted by molar-refractivity contribution is 5.79. The molecule has 4 aliphatic heterocycles. The number of carbonyl (C=O) groups is 2. The molecule has 0 radical (unpaired) electrons. The van der Waals surface area contributed by atoms with Gasteiger partial charge in [0.05, 0.1) is 31.3 Å². The van der Waals surface area contributed by atoms with Gasteiger partial charge in [0.15, 0.2) is 25.0 Å². The second-order valence-electron chi connectivity index (χ2n) is 25.8. The molecule has 0 amide bonds. The van der Waals surface area contributed by atoms with Crippen LogP contribution in [0, 0.1) is 50.2 Å². The molecule has 4 saturated heterocycles. The lowest BCUT2D eigenvalue weighted by Gasteiger charge is -2.71. The topological polar surface area (TPSA) is 371 Å². The lowest BCUT2D eigenvalue weighted by atomic mass is 9.33. The first kappa shape index (κ1) is 58.6. The molecule has 0 aromatic heterocycles. The van der Waals surface area contributed by atoms with E-state index >= 15 is 0 Å². The molecule has 0 unspecified atom stereocenters. The van der Waals surface area contributed by atoms with Crippen molar-refractivity contribution in [3.63, 3.8) is 0 Å². The van der Waals surface area contributed by atoms with Crippen molar-refractivity contribution >= 4 is 11.9 Å². The minimum Gasteiger partial charge on any atom is -0.479 e. The zero-order valence-electron chi connectivity index (χ0n) is 44.4. The number of aliphatic hydroxyl groups is 12. The Balaban J connectivity index is 0.996. The predicted molar refractivity (Wildman–Crippen MR) is 257 cm³/mol. The van der Waals surface area contributed by atoms with Crippen molar-refractivity contribution < 1.29 is 114 Å². The summed E-state index contributed by atoms with van der Waals surface area (Å²) in [5, 5.41) is 138. The van der Waals surface area contributed by atoms with Crippen molar-refractivity contribution in [2.45, 2.75) is 235 Å². The molecule has 27 atom stereocenters. The van der Waals surface area contributed by atoms with Gasteiger partial charge in [-0.15, -0.1) is 0 Å². The summed E-state index contributed by atoms with van der Waals surface area (Å²) in [4.78, 5) is 27.6. The smallest absolute Gasteiger partial charge is 0.335 e. The fourth-order valence-electron chi connectivity index (χ4n) is 16.3. The molecule has 13 N–H and O–H groups in total. The number of allylic oxidation sites excluding steroid dienone is 2. The van der Waals surface area contributed by atoms with Crippen LogP contribution in [-0.4, -0.2) is 221 Å². The number of carboxylic acid groups (broad SMARTS) is 1. The molecule has 9 aliphatic rings. The number of hydrogen-bond acceptors (Lipinski definition) is 22. The van der Waals surface area contributed by atoms with Gasteiger partial charge >= 0.3 is 11.9 Å². The van der Waals surface area contributed by atoms with Crippen molar-refractivity contribution in [3.8, 4) is 0 Å². The number of rotatable bonds is 12. The van der Waals surface area contributed by atoms with E-state index in [-0.39, 0.29) is 39.4 Å². The Morgan fingerprint density at radius 2 is 1.09 bits per heavy atom. The summed E-state index contributed by atoms with van der Waals surface area (Å²) in [5.41, 5.74) is -1.43. The van der Waals surface area contributed by atoms with Gasteiger partial charge in [0.25, 0.3) is 0 Å². The summed E-state index contributed by atoms with van der Waals surface area (Å²) in [6.07, 6.45) is -24.6. The minimum absolute atomic E-state index is 0.00520. The second-order valence-corrected chi connectivity index (χ2v) is 25.8. The van der Waals surface area contributed by atoms with Crippen LogP contribution in [0.2, 0.25) is 0 Å². The molecule has 5 aliphatic carbocycles. The maximum absolute atomic E-state index is 14.8. The number of ether oxygens (including phenoxy) is 8. The Bertz CT molecular complexity index is 2140. The van der Waals surface area contributed by atoms with E-state index in [1.807, 2.05) is 0 Å². The van der Waals surface area contributed by atoms with Gasteiger partial charge in [0.2, 0.25) is 6.29 Å². The lowest BCUT2D eigenvalue weighted by Crippen LogP contribution is -2.68. The van der Waals surface area contributed by atoms with E-state index in [0.29, 0.717) is 44.9 Å². The van der Waals surface area contributed by atoms with E-state index in [1.165, 1.54) is 5.57 Å². The van der Waals surface area contributed by atoms with Gasteiger partial charge in [-0.05, 0) is 109 Å². The molecule has 0 aromatic carbocycles. The van der Waals surface area contributed by atoms with Crippen molar-refractivity contribution in [1.29, 1.82) is 0 Å². The standard InChI is InChI=1S/C53H84O23/c1-48(2)14-16-53(47(68)76-45-37(64)34(61)31(58)25(20-55)71-45)17-15-51(6)22(23(53)18-48)8-9-28-50(5)12-11-29(49(3,4)27(50)10-13-52(28,51)7)72-46-41(75-43-35(62)32(59)26(21-56)70-43)39(38(65)40(74-46)42(66)67)73-44-36(63)33(60)30(57)24(19-54)69-44/h8,23-41,43-46,54-65H,9-21H2,1-7H3,(H,66,67)/t23-,24+,25-,26+,27-,28+,29-,30+,31-,32+,33-,34+,35-,36+,37-,38-,39-,40-,41+,43+,44-,45+,46+,50-,51+,52+,53-/m1/s1. The maximum Gasteiger partial charge on any atom is 0.335 e. The zero-order valence-corrected chi connectivity index (χ0v) is 44.4. The zero-order chi connectivity index (χ0) is 55.6. The van der Waals surface area contributed by atoms with Gasteiger partial charge in [-0.3, -0.25) is 4.79 Å². The third kappa shape index (κ3) is 9.33. The van der Waals surface area contributed by atoms with E-state index in [9.17, 15) is 76.0 Å². The van der Waals surface area contributed by atoms with E-state index < -0.39 is 165 Å². The third-order valence-electron chi connectivity index (χ3n) is 21.0. The highest BCUT2D eigenvalue weighted by Crippen LogP contribution is 2.76. The van der Waals surface area contributed by atoms with Gasteiger partial charge in [0.1, 0.15) is 85.5 Å². The van der Waals surface area contributed by atoms with Crippen LogP contribution in [0.3, 0.4) is 0 Å². The van der Waals surface area contributed by atoms with E-state index in [2.05, 4.69) is 54.5 Å². The molecule has 4 heterocycles. The quantitative estimate of drug-likeness (QED) is 0.0613. The number of hydrogen-bond donors (Lipinski definition) is 13. The monoisotopic (exact) mass is 1090 g/mol. The van der Waals surface area contributed by atoms with E-state index in [4.69, 9.17) is 37.9 Å². The molecule has 23 heteroatoms. The van der Waals surface area contributed by atoms with Crippen molar-refractivity contribution in [2.24, 2.45) is 50.2 Å². The normalized spacial score (nSPS) is 52.8. The highest BCUT2D eigenvalue weighted by atomic mass is 16.8. The van der Waals surface area contributed by atoms with E-state index in [0.717, 1.165) is 19.3 Å².